The molecule has 20 heavy (non-hydrogen) atoms. The van der Waals surface area contributed by atoms with Gasteiger partial charge in [0, 0.05) is 45.0 Å². The van der Waals surface area contributed by atoms with E-state index in [-0.39, 0.29) is 11.6 Å². The summed E-state index contributed by atoms with van der Waals surface area (Å²) in [6.45, 7) is 7.98. The molecule has 2 aliphatic rings. The van der Waals surface area contributed by atoms with Crippen LogP contribution >= 0.6 is 0 Å². The van der Waals surface area contributed by atoms with Crippen LogP contribution in [0.25, 0.3) is 0 Å². The lowest BCUT2D eigenvalue weighted by atomic mass is 9.89. The van der Waals surface area contributed by atoms with Crippen LogP contribution in [0.1, 0.15) is 13.3 Å². The molecule has 0 amide bonds. The highest BCUT2D eigenvalue weighted by Crippen LogP contribution is 2.32. The minimum Gasteiger partial charge on any atom is -0.376 e. The highest BCUT2D eigenvalue weighted by atomic mass is 16.5. The lowest BCUT2D eigenvalue weighted by Crippen LogP contribution is -2.63. The molecule has 0 aliphatic carbocycles. The summed E-state index contributed by atoms with van der Waals surface area (Å²) < 4.78 is 5.79. The Bertz CT molecular complexity index is 431. The van der Waals surface area contributed by atoms with Crippen molar-refractivity contribution >= 4 is 5.69 Å². The summed E-state index contributed by atoms with van der Waals surface area (Å²) in [4.78, 5) is 5.02. The van der Waals surface area contributed by atoms with Crippen molar-refractivity contribution in [3.63, 3.8) is 0 Å². The summed E-state index contributed by atoms with van der Waals surface area (Å²) in [5, 5.41) is 0. The largest absolute Gasteiger partial charge is 0.376 e. The summed E-state index contributed by atoms with van der Waals surface area (Å²) in [5.74, 6) is 0. The van der Waals surface area contributed by atoms with E-state index in [1.165, 1.54) is 5.69 Å². The molecule has 2 saturated heterocycles. The van der Waals surface area contributed by atoms with Gasteiger partial charge in [-0.1, -0.05) is 18.2 Å². The molecular weight excluding hydrogens is 250 g/mol. The number of hydrogen-bond donors (Lipinski definition) is 1. The molecule has 0 radical (unpaired) electrons. The van der Waals surface area contributed by atoms with Crippen LogP contribution in [0.4, 0.5) is 5.69 Å². The van der Waals surface area contributed by atoms with Gasteiger partial charge in [0.25, 0.3) is 0 Å². The average molecular weight is 275 g/mol. The number of ether oxygens (including phenoxy) is 1. The number of nitrogens with zero attached hydrogens (tertiary/aromatic N) is 2. The van der Waals surface area contributed by atoms with E-state index in [0.29, 0.717) is 6.54 Å². The molecule has 2 N–H and O–H groups in total. The smallest absolute Gasteiger partial charge is 0.0743 e. The fourth-order valence-electron chi connectivity index (χ4n) is 3.63. The highest BCUT2D eigenvalue weighted by molar-refractivity contribution is 5.46. The Balaban J connectivity index is 1.66. The molecule has 0 spiro atoms. The van der Waals surface area contributed by atoms with Gasteiger partial charge in [0.2, 0.25) is 0 Å². The van der Waals surface area contributed by atoms with Crippen molar-refractivity contribution in [2.24, 2.45) is 5.73 Å². The Labute approximate surface area is 121 Å². The maximum absolute atomic E-state index is 6.10. The standard InChI is InChI=1S/C16H25N3O/c1-14-16(13-17,7-12-20-14)19-10-8-18(9-11-19)15-5-3-2-4-6-15/h2-6,14H,7-13,17H2,1H3. The monoisotopic (exact) mass is 275 g/mol. The Morgan fingerprint density at radius 1 is 1.20 bits per heavy atom. The number of anilines is 1. The van der Waals surface area contributed by atoms with Gasteiger partial charge in [-0.15, -0.1) is 0 Å². The molecule has 1 aromatic carbocycles. The van der Waals surface area contributed by atoms with Gasteiger partial charge in [0.15, 0.2) is 0 Å². The molecule has 2 aliphatic heterocycles. The second-order valence-corrected chi connectivity index (χ2v) is 5.88. The van der Waals surface area contributed by atoms with Crippen molar-refractivity contribution in [2.45, 2.75) is 25.0 Å². The van der Waals surface area contributed by atoms with Crippen LogP contribution in [0.5, 0.6) is 0 Å². The third kappa shape index (κ3) is 2.32. The molecule has 2 fully saturated rings. The molecule has 1 aromatic rings. The van der Waals surface area contributed by atoms with Crippen molar-refractivity contribution in [2.75, 3.05) is 44.2 Å². The van der Waals surface area contributed by atoms with Crippen molar-refractivity contribution in [1.82, 2.24) is 4.90 Å². The molecule has 4 heteroatoms. The van der Waals surface area contributed by atoms with Gasteiger partial charge in [-0.05, 0) is 25.5 Å². The van der Waals surface area contributed by atoms with E-state index in [0.717, 1.165) is 39.2 Å². The first kappa shape index (κ1) is 13.9. The zero-order chi connectivity index (χ0) is 14.0. The van der Waals surface area contributed by atoms with Crippen LogP contribution in [-0.2, 0) is 4.74 Å². The number of piperazine rings is 1. The first-order valence-electron chi connectivity index (χ1n) is 7.63. The van der Waals surface area contributed by atoms with Crippen molar-refractivity contribution in [1.29, 1.82) is 0 Å². The Morgan fingerprint density at radius 3 is 2.45 bits per heavy atom. The van der Waals surface area contributed by atoms with E-state index in [1.54, 1.807) is 0 Å². The van der Waals surface area contributed by atoms with Gasteiger partial charge in [-0.2, -0.15) is 0 Å². The first-order chi connectivity index (χ1) is 9.76. The summed E-state index contributed by atoms with van der Waals surface area (Å²) in [5.41, 5.74) is 7.48. The average Bonchev–Trinajstić information content (AvgIpc) is 2.90. The Morgan fingerprint density at radius 2 is 1.90 bits per heavy atom. The van der Waals surface area contributed by atoms with Crippen LogP contribution in [-0.4, -0.2) is 55.9 Å². The molecule has 2 heterocycles. The predicted octanol–water partition coefficient (Wildman–Crippen LogP) is 1.31. The van der Waals surface area contributed by atoms with Gasteiger partial charge in [-0.3, -0.25) is 4.90 Å². The lowest BCUT2D eigenvalue weighted by Gasteiger charge is -2.47. The molecule has 110 valence electrons. The molecular formula is C16H25N3O. The SMILES string of the molecule is CC1OCCC1(CN)N1CCN(c2ccccc2)CC1. The first-order valence-corrected chi connectivity index (χ1v) is 7.63. The fraction of sp³-hybridized carbons (Fsp3) is 0.625. The summed E-state index contributed by atoms with van der Waals surface area (Å²) in [7, 11) is 0. The van der Waals surface area contributed by atoms with Gasteiger partial charge < -0.3 is 15.4 Å². The van der Waals surface area contributed by atoms with E-state index in [1.807, 2.05) is 0 Å². The van der Waals surface area contributed by atoms with E-state index in [9.17, 15) is 0 Å². The Hall–Kier alpha value is -1.10. The normalized spacial score (nSPS) is 31.7. The van der Waals surface area contributed by atoms with Crippen LogP contribution in [0, 0.1) is 0 Å². The minimum absolute atomic E-state index is 0.0583. The number of nitrogens with two attached hydrogens (primary N) is 1. The third-order valence-electron chi connectivity index (χ3n) is 5.04. The van der Waals surface area contributed by atoms with Crippen LogP contribution in [0.15, 0.2) is 30.3 Å². The second kappa shape index (κ2) is 5.72. The Kier molecular flexibility index (Phi) is 3.96. The number of para-hydroxylation sites is 1. The summed E-state index contributed by atoms with van der Waals surface area (Å²) in [6, 6.07) is 10.7. The van der Waals surface area contributed by atoms with E-state index in [4.69, 9.17) is 10.5 Å². The minimum atomic E-state index is 0.0583. The molecule has 0 bridgehead atoms. The highest BCUT2D eigenvalue weighted by Gasteiger charge is 2.45. The summed E-state index contributed by atoms with van der Waals surface area (Å²) in [6.07, 6.45) is 1.31. The molecule has 2 unspecified atom stereocenters. The van der Waals surface area contributed by atoms with Gasteiger partial charge in [-0.25, -0.2) is 0 Å². The van der Waals surface area contributed by atoms with Gasteiger partial charge >= 0.3 is 0 Å². The van der Waals surface area contributed by atoms with Crippen LogP contribution < -0.4 is 10.6 Å². The zero-order valence-electron chi connectivity index (χ0n) is 12.3. The molecule has 4 nitrogen and oxygen atoms in total. The van der Waals surface area contributed by atoms with Crippen molar-refractivity contribution in [3.8, 4) is 0 Å². The van der Waals surface area contributed by atoms with Crippen molar-refractivity contribution < 1.29 is 4.74 Å². The molecule has 3 rings (SSSR count). The van der Waals surface area contributed by atoms with Crippen molar-refractivity contribution in [3.05, 3.63) is 30.3 Å². The number of rotatable bonds is 3. The lowest BCUT2D eigenvalue weighted by molar-refractivity contribution is 0.0114. The molecule has 0 saturated carbocycles. The number of benzene rings is 1. The maximum Gasteiger partial charge on any atom is 0.0743 e. The van der Waals surface area contributed by atoms with E-state index < -0.39 is 0 Å². The van der Waals surface area contributed by atoms with E-state index >= 15 is 0 Å². The summed E-state index contributed by atoms with van der Waals surface area (Å²) >= 11 is 0. The quantitative estimate of drug-likeness (QED) is 0.903. The fourth-order valence-corrected chi connectivity index (χ4v) is 3.63. The third-order valence-corrected chi connectivity index (χ3v) is 5.04. The number of hydrogen-bond acceptors (Lipinski definition) is 4. The second-order valence-electron chi connectivity index (χ2n) is 5.88. The van der Waals surface area contributed by atoms with Gasteiger partial charge in [0.1, 0.15) is 0 Å². The van der Waals surface area contributed by atoms with Gasteiger partial charge in [0.05, 0.1) is 11.6 Å². The predicted molar refractivity (Wildman–Crippen MR) is 82.0 cm³/mol. The molecule has 2 atom stereocenters. The zero-order valence-corrected chi connectivity index (χ0v) is 12.3. The molecule has 0 aromatic heterocycles. The maximum atomic E-state index is 6.10. The van der Waals surface area contributed by atoms with Crippen LogP contribution in [0.3, 0.4) is 0 Å². The van der Waals surface area contributed by atoms with E-state index in [2.05, 4.69) is 47.1 Å². The topological polar surface area (TPSA) is 41.7 Å². The van der Waals surface area contributed by atoms with Crippen LogP contribution in [0.2, 0.25) is 0 Å².